The summed E-state index contributed by atoms with van der Waals surface area (Å²) in [6.07, 6.45) is 0. The van der Waals surface area contributed by atoms with Gasteiger partial charge in [0.1, 0.15) is 5.82 Å². The van der Waals surface area contributed by atoms with Crippen LogP contribution < -0.4 is 5.32 Å². The minimum atomic E-state index is -0.342. The van der Waals surface area contributed by atoms with E-state index in [0.717, 1.165) is 16.3 Å². The van der Waals surface area contributed by atoms with Gasteiger partial charge in [0.05, 0.1) is 10.7 Å². The maximum Gasteiger partial charge on any atom is 0.295 e. The van der Waals surface area contributed by atoms with Crippen LogP contribution in [0.25, 0.3) is 11.3 Å². The van der Waals surface area contributed by atoms with Gasteiger partial charge in [-0.05, 0) is 26.0 Å². The van der Waals surface area contributed by atoms with E-state index in [1.807, 2.05) is 36.6 Å². The number of hydrogen-bond donors (Lipinski definition) is 2. The second kappa shape index (κ2) is 5.45. The molecule has 0 radical (unpaired) electrons. The number of thiazole rings is 1. The molecule has 2 N–H and O–H groups in total. The van der Waals surface area contributed by atoms with Gasteiger partial charge in [-0.15, -0.1) is 16.4 Å². The van der Waals surface area contributed by atoms with Gasteiger partial charge in [0, 0.05) is 16.6 Å². The molecule has 2 aromatic heterocycles. The summed E-state index contributed by atoms with van der Waals surface area (Å²) >= 11 is 1.60. The van der Waals surface area contributed by atoms with E-state index in [9.17, 15) is 4.79 Å². The van der Waals surface area contributed by atoms with Gasteiger partial charge in [-0.25, -0.2) is 9.97 Å². The highest BCUT2D eigenvalue weighted by molar-refractivity contribution is 7.09. The second-order valence-electron chi connectivity index (χ2n) is 4.53. The van der Waals surface area contributed by atoms with Crippen molar-refractivity contribution in [3.63, 3.8) is 0 Å². The standard InChI is InChI=1S/C14H13N5OS/c1-8-15-13(19-18-8)14(20)17-11-5-3-4-10(6-11)12-7-21-9(2)16-12/h3-7H,1-2H3,(H,17,20)(H,15,18,19). The first kappa shape index (κ1) is 13.4. The molecule has 1 amide bonds. The first-order chi connectivity index (χ1) is 10.1. The third kappa shape index (κ3) is 2.97. The summed E-state index contributed by atoms with van der Waals surface area (Å²) in [4.78, 5) is 20.4. The van der Waals surface area contributed by atoms with Crippen molar-refractivity contribution in [3.8, 4) is 11.3 Å². The summed E-state index contributed by atoms with van der Waals surface area (Å²) in [6.45, 7) is 3.71. The molecule has 0 aliphatic carbocycles. The molecule has 0 fully saturated rings. The van der Waals surface area contributed by atoms with Crippen molar-refractivity contribution >= 4 is 22.9 Å². The molecular weight excluding hydrogens is 286 g/mol. The van der Waals surface area contributed by atoms with Crippen LogP contribution in [0.5, 0.6) is 0 Å². The molecule has 2 heterocycles. The molecule has 0 bridgehead atoms. The van der Waals surface area contributed by atoms with Gasteiger partial charge in [0.15, 0.2) is 0 Å². The van der Waals surface area contributed by atoms with Crippen molar-refractivity contribution in [2.24, 2.45) is 0 Å². The van der Waals surface area contributed by atoms with Crippen molar-refractivity contribution < 1.29 is 4.79 Å². The SMILES string of the molecule is Cc1nc(C(=O)Nc2cccc(-c3csc(C)n3)c2)n[nH]1. The number of H-pyrrole nitrogens is 1. The highest BCUT2D eigenvalue weighted by Gasteiger charge is 2.12. The van der Waals surface area contributed by atoms with Crippen LogP contribution in [-0.4, -0.2) is 26.1 Å². The van der Waals surface area contributed by atoms with Crippen molar-refractivity contribution in [3.05, 3.63) is 46.3 Å². The maximum atomic E-state index is 12.0. The number of carbonyl (C=O) groups is 1. The molecule has 7 heteroatoms. The molecule has 0 saturated heterocycles. The number of anilines is 1. The van der Waals surface area contributed by atoms with Gasteiger partial charge in [-0.3, -0.25) is 9.89 Å². The highest BCUT2D eigenvalue weighted by atomic mass is 32.1. The quantitative estimate of drug-likeness (QED) is 0.779. The zero-order valence-electron chi connectivity index (χ0n) is 11.5. The van der Waals surface area contributed by atoms with E-state index in [-0.39, 0.29) is 11.7 Å². The Balaban J connectivity index is 1.82. The number of aromatic nitrogens is 4. The number of carbonyl (C=O) groups excluding carboxylic acids is 1. The van der Waals surface area contributed by atoms with E-state index in [1.165, 1.54) is 0 Å². The normalized spacial score (nSPS) is 10.6. The molecule has 3 rings (SSSR count). The fourth-order valence-corrected chi connectivity index (χ4v) is 2.51. The molecular formula is C14H13N5OS. The molecule has 0 saturated carbocycles. The second-order valence-corrected chi connectivity index (χ2v) is 5.59. The molecule has 106 valence electrons. The number of benzene rings is 1. The van der Waals surface area contributed by atoms with Gasteiger partial charge in [0.2, 0.25) is 5.82 Å². The Bertz CT molecular complexity index is 792. The van der Waals surface area contributed by atoms with Crippen molar-refractivity contribution in [2.45, 2.75) is 13.8 Å². The van der Waals surface area contributed by atoms with Gasteiger partial charge in [-0.2, -0.15) is 0 Å². The fraction of sp³-hybridized carbons (Fsp3) is 0.143. The molecule has 0 aliphatic rings. The Morgan fingerprint density at radius 1 is 1.29 bits per heavy atom. The monoisotopic (exact) mass is 299 g/mol. The third-order valence-corrected chi connectivity index (χ3v) is 3.61. The Labute approximate surface area is 125 Å². The van der Waals surface area contributed by atoms with Crippen molar-refractivity contribution in [1.82, 2.24) is 20.2 Å². The van der Waals surface area contributed by atoms with Crippen molar-refractivity contribution in [1.29, 1.82) is 0 Å². The molecule has 0 aliphatic heterocycles. The Morgan fingerprint density at radius 3 is 2.81 bits per heavy atom. The summed E-state index contributed by atoms with van der Waals surface area (Å²) < 4.78 is 0. The molecule has 3 aromatic rings. The zero-order chi connectivity index (χ0) is 14.8. The molecule has 1 aromatic carbocycles. The van der Waals surface area contributed by atoms with E-state index in [2.05, 4.69) is 25.5 Å². The largest absolute Gasteiger partial charge is 0.319 e. The number of rotatable bonds is 3. The zero-order valence-corrected chi connectivity index (χ0v) is 12.4. The number of nitrogens with zero attached hydrogens (tertiary/aromatic N) is 3. The molecule has 21 heavy (non-hydrogen) atoms. The van der Waals surface area contributed by atoms with Gasteiger partial charge in [-0.1, -0.05) is 12.1 Å². The Morgan fingerprint density at radius 2 is 2.14 bits per heavy atom. The van der Waals surface area contributed by atoms with Gasteiger partial charge < -0.3 is 5.32 Å². The predicted octanol–water partition coefficient (Wildman–Crippen LogP) is 2.80. The van der Waals surface area contributed by atoms with Crippen LogP contribution in [0.3, 0.4) is 0 Å². The first-order valence-corrected chi connectivity index (χ1v) is 7.23. The van der Waals surface area contributed by atoms with E-state index in [4.69, 9.17) is 0 Å². The minimum Gasteiger partial charge on any atom is -0.319 e. The third-order valence-electron chi connectivity index (χ3n) is 2.84. The number of aryl methyl sites for hydroxylation is 2. The summed E-state index contributed by atoms with van der Waals surface area (Å²) in [5.74, 6) is 0.389. The van der Waals surface area contributed by atoms with Crippen LogP contribution in [0.15, 0.2) is 29.6 Å². The minimum absolute atomic E-state index is 0.127. The number of hydrogen-bond acceptors (Lipinski definition) is 5. The average molecular weight is 299 g/mol. The van der Waals surface area contributed by atoms with E-state index in [1.54, 1.807) is 18.3 Å². The predicted molar refractivity (Wildman–Crippen MR) is 81.4 cm³/mol. The molecule has 6 nitrogen and oxygen atoms in total. The Hall–Kier alpha value is -2.54. The Kier molecular flexibility index (Phi) is 3.49. The van der Waals surface area contributed by atoms with E-state index < -0.39 is 0 Å². The number of aromatic amines is 1. The summed E-state index contributed by atoms with van der Waals surface area (Å²) in [5, 5.41) is 12.3. The molecule has 0 atom stereocenters. The lowest BCUT2D eigenvalue weighted by Crippen LogP contribution is -2.13. The summed E-state index contributed by atoms with van der Waals surface area (Å²) in [6, 6.07) is 7.54. The van der Waals surface area contributed by atoms with Crippen LogP contribution in [0, 0.1) is 13.8 Å². The van der Waals surface area contributed by atoms with Crippen LogP contribution >= 0.6 is 11.3 Å². The smallest absolute Gasteiger partial charge is 0.295 e. The lowest BCUT2D eigenvalue weighted by molar-refractivity contribution is 0.101. The van der Waals surface area contributed by atoms with E-state index in [0.29, 0.717) is 11.5 Å². The summed E-state index contributed by atoms with van der Waals surface area (Å²) in [5.41, 5.74) is 2.55. The van der Waals surface area contributed by atoms with Crippen molar-refractivity contribution in [2.75, 3.05) is 5.32 Å². The fourth-order valence-electron chi connectivity index (χ4n) is 1.88. The van der Waals surface area contributed by atoms with Gasteiger partial charge in [0.25, 0.3) is 5.91 Å². The summed E-state index contributed by atoms with van der Waals surface area (Å²) in [7, 11) is 0. The van der Waals surface area contributed by atoms with Crippen LogP contribution in [0.2, 0.25) is 0 Å². The topological polar surface area (TPSA) is 83.6 Å². The number of nitrogens with one attached hydrogen (secondary N) is 2. The average Bonchev–Trinajstić information content (AvgIpc) is 3.08. The lowest BCUT2D eigenvalue weighted by Gasteiger charge is -2.04. The highest BCUT2D eigenvalue weighted by Crippen LogP contribution is 2.24. The van der Waals surface area contributed by atoms with Gasteiger partial charge >= 0.3 is 0 Å². The maximum absolute atomic E-state index is 12.0. The van der Waals surface area contributed by atoms with Crippen LogP contribution in [0.1, 0.15) is 21.5 Å². The van der Waals surface area contributed by atoms with E-state index >= 15 is 0 Å². The first-order valence-electron chi connectivity index (χ1n) is 6.35. The van der Waals surface area contributed by atoms with Crippen LogP contribution in [0.4, 0.5) is 5.69 Å². The lowest BCUT2D eigenvalue weighted by atomic mass is 10.1. The van der Waals surface area contributed by atoms with Crippen LogP contribution in [-0.2, 0) is 0 Å². The molecule has 0 spiro atoms. The molecule has 0 unspecified atom stereocenters. The number of amides is 1.